The standard InChI is InChI=1S/C14H21NO2/c1-11(2)17-14(16)15-10-6-9-13-8-5-4-7-12(13)3/h4-5,7-8,11H,6,9-10H2,1-3H3,(H,15,16). The van der Waals surface area contributed by atoms with Crippen molar-refractivity contribution in [1.29, 1.82) is 0 Å². The predicted octanol–water partition coefficient (Wildman–Crippen LogP) is 3.06. The molecule has 0 heterocycles. The molecule has 0 aromatic heterocycles. The van der Waals surface area contributed by atoms with Crippen molar-refractivity contribution in [2.24, 2.45) is 0 Å². The number of rotatable bonds is 5. The lowest BCUT2D eigenvalue weighted by atomic mass is 10.0. The maximum Gasteiger partial charge on any atom is 0.407 e. The summed E-state index contributed by atoms with van der Waals surface area (Å²) in [5.74, 6) is 0. The lowest BCUT2D eigenvalue weighted by Crippen LogP contribution is -2.27. The first-order chi connectivity index (χ1) is 8.09. The molecule has 1 amide bonds. The summed E-state index contributed by atoms with van der Waals surface area (Å²) in [5.41, 5.74) is 2.64. The zero-order chi connectivity index (χ0) is 12.7. The lowest BCUT2D eigenvalue weighted by molar-refractivity contribution is 0.115. The average molecular weight is 235 g/mol. The van der Waals surface area contributed by atoms with Gasteiger partial charge in [-0.25, -0.2) is 4.79 Å². The second-order valence-corrected chi connectivity index (χ2v) is 4.41. The van der Waals surface area contributed by atoms with Crippen molar-refractivity contribution in [1.82, 2.24) is 5.32 Å². The highest BCUT2D eigenvalue weighted by atomic mass is 16.6. The van der Waals surface area contributed by atoms with Gasteiger partial charge in [0.25, 0.3) is 0 Å². The Hall–Kier alpha value is -1.51. The molecule has 0 saturated carbocycles. The minimum absolute atomic E-state index is 0.0635. The normalized spacial score (nSPS) is 10.4. The van der Waals surface area contributed by atoms with Gasteiger partial charge in [0.2, 0.25) is 0 Å². The lowest BCUT2D eigenvalue weighted by Gasteiger charge is -2.09. The Morgan fingerprint density at radius 3 is 2.71 bits per heavy atom. The van der Waals surface area contributed by atoms with Crippen molar-refractivity contribution in [3.8, 4) is 0 Å². The number of benzene rings is 1. The van der Waals surface area contributed by atoms with Crippen molar-refractivity contribution in [2.75, 3.05) is 6.54 Å². The Labute approximate surface area is 103 Å². The second kappa shape index (κ2) is 6.94. The summed E-state index contributed by atoms with van der Waals surface area (Å²) < 4.78 is 4.98. The van der Waals surface area contributed by atoms with Gasteiger partial charge in [-0.3, -0.25) is 0 Å². The summed E-state index contributed by atoms with van der Waals surface area (Å²) in [6.45, 7) is 6.44. The molecule has 3 nitrogen and oxygen atoms in total. The number of aryl methyl sites for hydroxylation is 2. The molecule has 0 fully saturated rings. The molecule has 0 radical (unpaired) electrons. The molecule has 17 heavy (non-hydrogen) atoms. The molecule has 0 spiro atoms. The van der Waals surface area contributed by atoms with Crippen molar-refractivity contribution in [3.63, 3.8) is 0 Å². The van der Waals surface area contributed by atoms with Crippen LogP contribution < -0.4 is 5.32 Å². The topological polar surface area (TPSA) is 38.3 Å². The molecule has 0 atom stereocenters. The third kappa shape index (κ3) is 5.38. The van der Waals surface area contributed by atoms with Gasteiger partial charge in [-0.15, -0.1) is 0 Å². The zero-order valence-electron chi connectivity index (χ0n) is 10.8. The van der Waals surface area contributed by atoms with Crippen LogP contribution in [-0.2, 0) is 11.2 Å². The molecule has 0 saturated heterocycles. The fraction of sp³-hybridized carbons (Fsp3) is 0.500. The largest absolute Gasteiger partial charge is 0.447 e. The van der Waals surface area contributed by atoms with Crippen molar-refractivity contribution in [3.05, 3.63) is 35.4 Å². The van der Waals surface area contributed by atoms with Gasteiger partial charge in [-0.05, 0) is 44.7 Å². The van der Waals surface area contributed by atoms with E-state index in [1.165, 1.54) is 11.1 Å². The molecule has 3 heteroatoms. The molecular weight excluding hydrogens is 214 g/mol. The minimum Gasteiger partial charge on any atom is -0.447 e. The van der Waals surface area contributed by atoms with Gasteiger partial charge in [0.05, 0.1) is 6.10 Å². The van der Waals surface area contributed by atoms with Crippen LogP contribution in [0.2, 0.25) is 0 Å². The van der Waals surface area contributed by atoms with E-state index in [-0.39, 0.29) is 12.2 Å². The monoisotopic (exact) mass is 235 g/mol. The highest BCUT2D eigenvalue weighted by Crippen LogP contribution is 2.08. The SMILES string of the molecule is Cc1ccccc1CCCNC(=O)OC(C)C. The van der Waals surface area contributed by atoms with Gasteiger partial charge in [-0.1, -0.05) is 24.3 Å². The Kier molecular flexibility index (Phi) is 5.53. The maximum atomic E-state index is 11.2. The molecular formula is C14H21NO2. The van der Waals surface area contributed by atoms with Crippen molar-refractivity contribution in [2.45, 2.75) is 39.7 Å². The molecule has 1 aromatic carbocycles. The quantitative estimate of drug-likeness (QED) is 0.796. The molecule has 1 aromatic rings. The summed E-state index contributed by atoms with van der Waals surface area (Å²) in [6, 6.07) is 8.32. The van der Waals surface area contributed by atoms with Crippen LogP contribution >= 0.6 is 0 Å². The highest BCUT2D eigenvalue weighted by Gasteiger charge is 2.03. The first kappa shape index (κ1) is 13.6. The van der Waals surface area contributed by atoms with Crippen LogP contribution in [0.1, 0.15) is 31.4 Å². The Morgan fingerprint density at radius 1 is 1.35 bits per heavy atom. The molecule has 1 rings (SSSR count). The van der Waals surface area contributed by atoms with E-state index in [1.54, 1.807) is 0 Å². The van der Waals surface area contributed by atoms with Crippen LogP contribution in [0.3, 0.4) is 0 Å². The Bertz CT molecular complexity index is 361. The van der Waals surface area contributed by atoms with Gasteiger partial charge < -0.3 is 10.1 Å². The molecule has 94 valence electrons. The van der Waals surface area contributed by atoms with E-state index < -0.39 is 0 Å². The van der Waals surface area contributed by atoms with E-state index in [9.17, 15) is 4.79 Å². The third-order valence-corrected chi connectivity index (χ3v) is 2.50. The van der Waals surface area contributed by atoms with E-state index in [1.807, 2.05) is 26.0 Å². The van der Waals surface area contributed by atoms with Gasteiger partial charge in [0, 0.05) is 6.54 Å². The first-order valence-electron chi connectivity index (χ1n) is 6.08. The van der Waals surface area contributed by atoms with Gasteiger partial charge in [0.1, 0.15) is 0 Å². The summed E-state index contributed by atoms with van der Waals surface area (Å²) >= 11 is 0. The van der Waals surface area contributed by atoms with Crippen molar-refractivity contribution >= 4 is 6.09 Å². The molecule has 0 aliphatic rings. The minimum atomic E-state index is -0.329. The number of ether oxygens (including phenoxy) is 1. The molecule has 0 bridgehead atoms. The number of carbonyl (C=O) groups excluding carboxylic acids is 1. The summed E-state index contributed by atoms with van der Waals surface area (Å²) in [5, 5.41) is 2.74. The number of alkyl carbamates (subject to hydrolysis) is 1. The molecule has 0 unspecified atom stereocenters. The van der Waals surface area contributed by atoms with Crippen molar-refractivity contribution < 1.29 is 9.53 Å². The van der Waals surface area contributed by atoms with Gasteiger partial charge >= 0.3 is 6.09 Å². The van der Waals surface area contributed by atoms with Gasteiger partial charge in [-0.2, -0.15) is 0 Å². The van der Waals surface area contributed by atoms with E-state index in [4.69, 9.17) is 4.74 Å². The van der Waals surface area contributed by atoms with Crippen LogP contribution in [-0.4, -0.2) is 18.7 Å². The number of carbonyl (C=O) groups is 1. The van der Waals surface area contributed by atoms with Crippen LogP contribution in [0.25, 0.3) is 0 Å². The molecule has 0 aliphatic heterocycles. The third-order valence-electron chi connectivity index (χ3n) is 2.50. The van der Waals surface area contributed by atoms with Crippen LogP contribution in [0.15, 0.2) is 24.3 Å². The fourth-order valence-electron chi connectivity index (χ4n) is 1.62. The van der Waals surface area contributed by atoms with E-state index in [0.717, 1.165) is 12.8 Å². The Morgan fingerprint density at radius 2 is 2.06 bits per heavy atom. The van der Waals surface area contributed by atoms with Crippen LogP contribution in [0.5, 0.6) is 0 Å². The average Bonchev–Trinajstić information content (AvgIpc) is 2.25. The van der Waals surface area contributed by atoms with Crippen LogP contribution in [0, 0.1) is 6.92 Å². The summed E-state index contributed by atoms with van der Waals surface area (Å²) in [7, 11) is 0. The molecule has 1 N–H and O–H groups in total. The molecule has 0 aliphatic carbocycles. The van der Waals surface area contributed by atoms with E-state index in [2.05, 4.69) is 24.4 Å². The second-order valence-electron chi connectivity index (χ2n) is 4.41. The number of nitrogens with one attached hydrogen (secondary N) is 1. The maximum absolute atomic E-state index is 11.2. The Balaban J connectivity index is 2.21. The van der Waals surface area contributed by atoms with E-state index >= 15 is 0 Å². The predicted molar refractivity (Wildman–Crippen MR) is 69.1 cm³/mol. The van der Waals surface area contributed by atoms with E-state index in [0.29, 0.717) is 6.54 Å². The number of hydrogen-bond donors (Lipinski definition) is 1. The highest BCUT2D eigenvalue weighted by molar-refractivity contribution is 5.67. The first-order valence-corrected chi connectivity index (χ1v) is 6.08. The summed E-state index contributed by atoms with van der Waals surface area (Å²) in [4.78, 5) is 11.2. The zero-order valence-corrected chi connectivity index (χ0v) is 10.8. The summed E-state index contributed by atoms with van der Waals surface area (Å²) in [6.07, 6.45) is 1.52. The fourth-order valence-corrected chi connectivity index (χ4v) is 1.62. The number of hydrogen-bond acceptors (Lipinski definition) is 2. The smallest absolute Gasteiger partial charge is 0.407 e. The van der Waals surface area contributed by atoms with Crippen LogP contribution in [0.4, 0.5) is 4.79 Å². The van der Waals surface area contributed by atoms with Gasteiger partial charge in [0.15, 0.2) is 0 Å². The number of amides is 1.